The molecule has 1 saturated heterocycles. The van der Waals surface area contributed by atoms with Crippen molar-refractivity contribution in [2.45, 2.75) is 57.1 Å². The molecule has 4 nitrogen and oxygen atoms in total. The van der Waals surface area contributed by atoms with Gasteiger partial charge >= 0.3 is 0 Å². The number of carbonyl (C=O) groups excluding carboxylic acids is 2. The first-order valence-electron chi connectivity index (χ1n) is 10.3. The summed E-state index contributed by atoms with van der Waals surface area (Å²) in [4.78, 5) is 26.5. The second kappa shape index (κ2) is 7.79. The van der Waals surface area contributed by atoms with Gasteiger partial charge in [0.25, 0.3) is 0 Å². The molecule has 1 aliphatic carbocycles. The van der Waals surface area contributed by atoms with Gasteiger partial charge in [0, 0.05) is 7.11 Å². The lowest BCUT2D eigenvalue weighted by Gasteiger charge is -2.35. The number of halogens is 3. The molecule has 1 amide bonds. The van der Waals surface area contributed by atoms with Gasteiger partial charge in [0.1, 0.15) is 5.92 Å². The molecule has 164 valence electrons. The highest BCUT2D eigenvalue weighted by molar-refractivity contribution is 6.17. The molecule has 31 heavy (non-hydrogen) atoms. The number of aryl methyl sites for hydroxylation is 1. The standard InChI is InChI=1S/C24H24F3NO3/c1-12-4-5-16(14-10-17(25)21(27)18(26)11-14)13(2)19(12)20-22(29)24(28-23(20)30)8-6-15(31-3)7-9-24/h4-5,10-11,15,20H,6-9H2,1-3H3,(H,28,30). The summed E-state index contributed by atoms with van der Waals surface area (Å²) in [5.41, 5.74) is 1.54. The zero-order valence-corrected chi connectivity index (χ0v) is 17.7. The maximum Gasteiger partial charge on any atom is 0.235 e. The van der Waals surface area contributed by atoms with Crippen molar-refractivity contribution in [3.63, 3.8) is 0 Å². The zero-order chi connectivity index (χ0) is 22.5. The average molecular weight is 431 g/mol. The Labute approximate surface area is 178 Å². The summed E-state index contributed by atoms with van der Waals surface area (Å²) in [5.74, 6) is -5.64. The van der Waals surface area contributed by atoms with Crippen molar-refractivity contribution in [2.75, 3.05) is 7.11 Å². The molecule has 1 atom stereocenters. The van der Waals surface area contributed by atoms with E-state index in [1.165, 1.54) is 0 Å². The third kappa shape index (κ3) is 3.45. The number of hydrogen-bond acceptors (Lipinski definition) is 3. The molecule has 7 heteroatoms. The fourth-order valence-corrected chi connectivity index (χ4v) is 5.05. The van der Waals surface area contributed by atoms with Gasteiger partial charge in [-0.1, -0.05) is 12.1 Å². The lowest BCUT2D eigenvalue weighted by molar-refractivity contribution is -0.126. The predicted octanol–water partition coefficient (Wildman–Crippen LogP) is 4.50. The fourth-order valence-electron chi connectivity index (χ4n) is 5.05. The summed E-state index contributed by atoms with van der Waals surface area (Å²) < 4.78 is 46.4. The van der Waals surface area contributed by atoms with E-state index in [1.807, 2.05) is 0 Å². The van der Waals surface area contributed by atoms with Crippen LogP contribution < -0.4 is 5.32 Å². The first kappa shape index (κ1) is 21.6. The van der Waals surface area contributed by atoms with E-state index in [0.717, 1.165) is 17.7 Å². The monoisotopic (exact) mass is 431 g/mol. The molecule has 1 saturated carbocycles. The largest absolute Gasteiger partial charge is 0.381 e. The van der Waals surface area contributed by atoms with Crippen molar-refractivity contribution in [3.05, 3.63) is 58.4 Å². The number of ether oxygens (including phenoxy) is 1. The van der Waals surface area contributed by atoms with Crippen molar-refractivity contribution < 1.29 is 27.5 Å². The highest BCUT2D eigenvalue weighted by Crippen LogP contribution is 2.42. The Balaban J connectivity index is 1.76. The maximum absolute atomic E-state index is 13.8. The van der Waals surface area contributed by atoms with Gasteiger partial charge in [-0.3, -0.25) is 9.59 Å². The van der Waals surface area contributed by atoms with Gasteiger partial charge in [-0.2, -0.15) is 0 Å². The summed E-state index contributed by atoms with van der Waals surface area (Å²) in [5, 5.41) is 2.94. The number of ketones is 1. The van der Waals surface area contributed by atoms with Crippen LogP contribution in [0.1, 0.15) is 48.3 Å². The van der Waals surface area contributed by atoms with Crippen LogP contribution in [-0.2, 0) is 14.3 Å². The maximum atomic E-state index is 13.8. The number of Topliss-reactive ketones (excluding diaryl/α,β-unsaturated/α-hetero) is 1. The Bertz CT molecular complexity index is 1050. The smallest absolute Gasteiger partial charge is 0.235 e. The van der Waals surface area contributed by atoms with Gasteiger partial charge in [-0.25, -0.2) is 13.2 Å². The Morgan fingerprint density at radius 2 is 1.65 bits per heavy atom. The van der Waals surface area contributed by atoms with E-state index in [1.54, 1.807) is 33.1 Å². The molecular weight excluding hydrogens is 407 g/mol. The third-order valence-corrected chi connectivity index (χ3v) is 6.79. The quantitative estimate of drug-likeness (QED) is 0.575. The lowest BCUT2D eigenvalue weighted by atomic mass is 9.74. The Hall–Kier alpha value is -2.67. The molecule has 2 aromatic rings. The highest BCUT2D eigenvalue weighted by Gasteiger charge is 2.54. The minimum atomic E-state index is -1.53. The van der Waals surface area contributed by atoms with E-state index in [9.17, 15) is 22.8 Å². The summed E-state index contributed by atoms with van der Waals surface area (Å²) in [6, 6.07) is 5.22. The van der Waals surface area contributed by atoms with Crippen molar-refractivity contribution >= 4 is 11.7 Å². The molecule has 0 radical (unpaired) electrons. The van der Waals surface area contributed by atoms with Gasteiger partial charge in [-0.05, 0) is 79.5 Å². The van der Waals surface area contributed by atoms with Gasteiger partial charge in [0.05, 0.1) is 11.6 Å². The summed E-state index contributed by atoms with van der Waals surface area (Å²) in [6.45, 7) is 3.51. The van der Waals surface area contributed by atoms with Crippen molar-refractivity contribution in [2.24, 2.45) is 0 Å². The average Bonchev–Trinajstić information content (AvgIpc) is 2.96. The Morgan fingerprint density at radius 3 is 2.23 bits per heavy atom. The van der Waals surface area contributed by atoms with Crippen LogP contribution in [0.2, 0.25) is 0 Å². The number of nitrogens with one attached hydrogen (secondary N) is 1. The minimum absolute atomic E-state index is 0.0736. The van der Waals surface area contributed by atoms with Crippen molar-refractivity contribution in [1.82, 2.24) is 5.32 Å². The summed E-state index contributed by atoms with van der Waals surface area (Å²) in [7, 11) is 1.64. The summed E-state index contributed by atoms with van der Waals surface area (Å²) >= 11 is 0. The van der Waals surface area contributed by atoms with Crippen molar-refractivity contribution in [1.29, 1.82) is 0 Å². The summed E-state index contributed by atoms with van der Waals surface area (Å²) in [6.07, 6.45) is 2.46. The molecule has 1 spiro atoms. The van der Waals surface area contributed by atoms with Crippen LogP contribution in [0.25, 0.3) is 11.1 Å². The molecule has 0 aromatic heterocycles. The van der Waals surface area contributed by atoms with Crippen LogP contribution in [0.5, 0.6) is 0 Å². The first-order valence-corrected chi connectivity index (χ1v) is 10.3. The Morgan fingerprint density at radius 1 is 1.03 bits per heavy atom. The molecule has 2 aromatic carbocycles. The van der Waals surface area contributed by atoms with E-state index in [-0.39, 0.29) is 23.4 Å². The number of hydrogen-bond donors (Lipinski definition) is 1. The number of rotatable bonds is 3. The molecule has 1 heterocycles. The van der Waals surface area contributed by atoms with E-state index < -0.39 is 28.9 Å². The van der Waals surface area contributed by atoms with Crippen LogP contribution in [0.4, 0.5) is 13.2 Å². The zero-order valence-electron chi connectivity index (χ0n) is 17.7. The van der Waals surface area contributed by atoms with Gasteiger partial charge < -0.3 is 10.1 Å². The van der Waals surface area contributed by atoms with Crippen molar-refractivity contribution in [3.8, 4) is 11.1 Å². The van der Waals surface area contributed by atoms with Gasteiger partial charge in [-0.15, -0.1) is 0 Å². The second-order valence-corrected chi connectivity index (χ2v) is 8.53. The topological polar surface area (TPSA) is 55.4 Å². The number of amides is 1. The number of carbonyl (C=O) groups is 2. The third-order valence-electron chi connectivity index (χ3n) is 6.79. The number of benzene rings is 2. The van der Waals surface area contributed by atoms with E-state index in [0.29, 0.717) is 42.4 Å². The molecule has 4 rings (SSSR count). The fraction of sp³-hybridized carbons (Fsp3) is 0.417. The lowest BCUT2D eigenvalue weighted by Crippen LogP contribution is -2.50. The normalized spacial score (nSPS) is 25.9. The SMILES string of the molecule is COC1CCC2(CC1)NC(=O)C(c1c(C)ccc(-c3cc(F)c(F)c(F)c3)c1C)C2=O. The minimum Gasteiger partial charge on any atom is -0.381 e. The van der Waals surface area contributed by atoms with Gasteiger partial charge in [0.2, 0.25) is 5.91 Å². The van der Waals surface area contributed by atoms with Crippen LogP contribution in [0.3, 0.4) is 0 Å². The molecule has 2 fully saturated rings. The highest BCUT2D eigenvalue weighted by atomic mass is 19.2. The number of methoxy groups -OCH3 is 1. The molecule has 0 bridgehead atoms. The van der Waals surface area contributed by atoms with E-state index in [2.05, 4.69) is 5.32 Å². The van der Waals surface area contributed by atoms with Gasteiger partial charge in [0.15, 0.2) is 23.2 Å². The van der Waals surface area contributed by atoms with E-state index in [4.69, 9.17) is 4.74 Å². The molecule has 2 aliphatic rings. The molecule has 1 unspecified atom stereocenters. The van der Waals surface area contributed by atoms with E-state index >= 15 is 0 Å². The molecule has 1 aliphatic heterocycles. The first-order chi connectivity index (χ1) is 14.7. The van der Waals surface area contributed by atoms with Crippen LogP contribution in [-0.4, -0.2) is 30.4 Å². The Kier molecular flexibility index (Phi) is 5.41. The van der Waals surface area contributed by atoms with Crippen LogP contribution in [0, 0.1) is 31.3 Å². The predicted molar refractivity (Wildman–Crippen MR) is 109 cm³/mol. The second-order valence-electron chi connectivity index (χ2n) is 8.53. The molecule has 1 N–H and O–H groups in total. The molecular formula is C24H24F3NO3. The van der Waals surface area contributed by atoms with Crippen LogP contribution in [0.15, 0.2) is 24.3 Å². The van der Waals surface area contributed by atoms with Crippen LogP contribution >= 0.6 is 0 Å².